The molecule has 2 radical (unpaired) electrons. The molecular weight excluding hydrogens is 759 g/mol. The van der Waals surface area contributed by atoms with Gasteiger partial charge in [-0.25, -0.2) is 31.9 Å². The van der Waals surface area contributed by atoms with Gasteiger partial charge < -0.3 is 44.6 Å². The van der Waals surface area contributed by atoms with Crippen LogP contribution in [-0.2, 0) is 49.7 Å². The smallest absolute Gasteiger partial charge is 0.387 e. The van der Waals surface area contributed by atoms with Gasteiger partial charge in [-0.05, 0) is 0 Å². The lowest BCUT2D eigenvalue weighted by Gasteiger charge is -2.23. The SMILES string of the molecule is [B]P(=O)(OP(=O)(O)OC[C@H]1O[C@@H](n2ccc(=O)[nH]c2=O)[C@H](O)[C@@H]1O)OP(=O)(O)OP(=O)(O)OC[C@H]1O[C@@H](n2ccc(=O)[nH]c2=O)[C@H](O)[C@@H]1O. The first-order chi connectivity index (χ1) is 22.5. The van der Waals surface area contributed by atoms with Gasteiger partial charge in [0.15, 0.2) is 12.5 Å². The van der Waals surface area contributed by atoms with Crippen molar-refractivity contribution in [2.75, 3.05) is 13.2 Å². The number of hydrogen-bond donors (Lipinski definition) is 9. The zero-order valence-electron chi connectivity index (χ0n) is 23.9. The number of ether oxygens (including phenoxy) is 2. The van der Waals surface area contributed by atoms with E-state index in [4.69, 9.17) is 17.0 Å². The van der Waals surface area contributed by atoms with Crippen molar-refractivity contribution in [3.8, 4) is 0 Å². The van der Waals surface area contributed by atoms with Crippen LogP contribution in [0.3, 0.4) is 0 Å². The quantitative estimate of drug-likeness (QED) is 0.0651. The molecule has 4 unspecified atom stereocenters. The normalized spacial score (nSPS) is 32.1. The first kappa shape index (κ1) is 39.6. The van der Waals surface area contributed by atoms with Crippen LogP contribution in [0.25, 0.3) is 0 Å². The minimum atomic E-state index is -6.12. The highest BCUT2D eigenvalue weighted by molar-refractivity contribution is 7.87. The van der Waals surface area contributed by atoms with Crippen LogP contribution in [0.2, 0.25) is 0 Å². The van der Waals surface area contributed by atoms with E-state index in [2.05, 4.69) is 22.0 Å². The maximum absolute atomic E-state index is 12.4. The summed E-state index contributed by atoms with van der Waals surface area (Å²) in [5.41, 5.74) is -3.73. The second-order valence-electron chi connectivity index (χ2n) is 9.91. The van der Waals surface area contributed by atoms with Gasteiger partial charge >= 0.3 is 34.8 Å². The molecule has 31 heteroatoms. The molecule has 2 saturated heterocycles. The van der Waals surface area contributed by atoms with Gasteiger partial charge in [0.1, 0.15) is 36.6 Å². The summed E-state index contributed by atoms with van der Waals surface area (Å²) in [5.74, 6) is 0. The predicted molar refractivity (Wildman–Crippen MR) is 152 cm³/mol. The fourth-order valence-corrected chi connectivity index (χ4v) is 9.45. The standard InChI is InChI=1S/C18H25BN4O22P4/c19-46(32,43-47(33,34)39-5-7-11(26)13(28)15(41-7)22-3-1-9(24)20-17(22)30)44-49(37,38)45-48(35,36)40-6-8-12(27)14(29)16(42-8)23-4-2-10(25)21-18(23)31/h1-4,7-8,11-16,26-29H,5-6H2,(H,33,34)(H,35,36)(H,37,38)(H,20,24,30)(H,21,25,31)/t7-,8-,11-,12-,13-,14-,15-,16-,46?/m1/s1. The summed E-state index contributed by atoms with van der Waals surface area (Å²) >= 11 is 0. The summed E-state index contributed by atoms with van der Waals surface area (Å²) in [7, 11) is -18.3. The zero-order valence-corrected chi connectivity index (χ0v) is 27.4. The van der Waals surface area contributed by atoms with E-state index in [1.807, 2.05) is 9.97 Å². The van der Waals surface area contributed by atoms with E-state index < -0.39 is 116 Å². The highest BCUT2D eigenvalue weighted by Crippen LogP contribution is 2.71. The Labute approximate surface area is 271 Å². The first-order valence-electron chi connectivity index (χ1n) is 13.0. The van der Waals surface area contributed by atoms with Gasteiger partial charge in [-0.3, -0.25) is 42.3 Å². The summed E-state index contributed by atoms with van der Waals surface area (Å²) in [6, 6.07) is 1.76. The van der Waals surface area contributed by atoms with Crippen LogP contribution in [0.5, 0.6) is 0 Å². The van der Waals surface area contributed by atoms with E-state index in [1.54, 1.807) is 0 Å². The molecule has 12 atom stereocenters. The van der Waals surface area contributed by atoms with Gasteiger partial charge in [-0.1, -0.05) is 0 Å². The Morgan fingerprint density at radius 2 is 1.02 bits per heavy atom. The van der Waals surface area contributed by atoms with Crippen molar-refractivity contribution in [1.29, 1.82) is 0 Å². The molecule has 0 bridgehead atoms. The number of hydrogen-bond acceptors (Lipinski definition) is 19. The molecule has 0 amide bonds. The number of phosphoric acid groups is 3. The summed E-state index contributed by atoms with van der Waals surface area (Å²) < 4.78 is 81.7. The molecule has 4 rings (SSSR count). The molecule has 2 aromatic heterocycles. The topological polar surface area (TPSA) is 384 Å². The Balaban J connectivity index is 1.31. The van der Waals surface area contributed by atoms with Gasteiger partial charge in [-0.15, -0.1) is 0 Å². The second-order valence-corrected chi connectivity index (χ2v) is 16.3. The minimum Gasteiger partial charge on any atom is -0.387 e. The van der Waals surface area contributed by atoms with Crippen molar-refractivity contribution in [3.63, 3.8) is 0 Å². The summed E-state index contributed by atoms with van der Waals surface area (Å²) in [4.78, 5) is 79.6. The number of phosphoric ester groups is 2. The fourth-order valence-electron chi connectivity index (χ4n) is 4.28. The summed E-state index contributed by atoms with van der Waals surface area (Å²) in [6.07, 6.45) is -12.4. The monoisotopic (exact) mass is 784 g/mol. The molecule has 0 saturated carbocycles. The molecule has 26 nitrogen and oxygen atoms in total. The van der Waals surface area contributed by atoms with E-state index in [9.17, 15) is 72.5 Å². The average Bonchev–Trinajstić information content (AvgIpc) is 3.38. The molecule has 49 heavy (non-hydrogen) atoms. The number of H-pyrrole nitrogens is 2. The lowest BCUT2D eigenvalue weighted by Crippen LogP contribution is -2.37. The van der Waals surface area contributed by atoms with Gasteiger partial charge in [0.25, 0.3) is 18.6 Å². The summed E-state index contributed by atoms with van der Waals surface area (Å²) in [5, 5.41) is 40.8. The van der Waals surface area contributed by atoms with Crippen LogP contribution in [0.1, 0.15) is 12.5 Å². The Morgan fingerprint density at radius 3 is 1.41 bits per heavy atom. The molecule has 0 aliphatic carbocycles. The van der Waals surface area contributed by atoms with Gasteiger partial charge in [-0.2, -0.15) is 4.31 Å². The molecular formula is C18H25BN4O22P4. The maximum Gasteiger partial charge on any atom is 0.487 e. The van der Waals surface area contributed by atoms with Crippen molar-refractivity contribution in [3.05, 3.63) is 66.2 Å². The Kier molecular flexibility index (Phi) is 11.9. The number of aliphatic hydroxyl groups is 4. The molecule has 4 heterocycles. The molecule has 2 aliphatic heterocycles. The van der Waals surface area contributed by atoms with Crippen molar-refractivity contribution in [1.82, 2.24) is 19.1 Å². The van der Waals surface area contributed by atoms with Gasteiger partial charge in [0.05, 0.1) is 13.2 Å². The number of nitrogens with one attached hydrogen (secondary N) is 2. The maximum atomic E-state index is 12.4. The van der Waals surface area contributed by atoms with Gasteiger partial charge in [0.2, 0.25) is 7.57 Å². The van der Waals surface area contributed by atoms with Crippen molar-refractivity contribution >= 4 is 38.5 Å². The number of nitrogens with zero attached hydrogens (tertiary/aromatic N) is 2. The average molecular weight is 784 g/mol. The Bertz CT molecular complexity index is 1830. The third kappa shape index (κ3) is 9.98. The number of aliphatic hydroxyl groups excluding tert-OH is 4. The van der Waals surface area contributed by atoms with E-state index >= 15 is 0 Å². The Hall–Kier alpha value is -2.22. The van der Waals surface area contributed by atoms with Crippen LogP contribution >= 0.6 is 30.9 Å². The predicted octanol–water partition coefficient (Wildman–Crippen LogP) is -4.01. The third-order valence-corrected chi connectivity index (χ3v) is 12.4. The van der Waals surface area contributed by atoms with Crippen LogP contribution in [0.4, 0.5) is 0 Å². The Morgan fingerprint density at radius 1 is 0.653 bits per heavy atom. The number of aromatic nitrogens is 4. The number of rotatable bonds is 14. The molecule has 2 fully saturated rings. The molecule has 2 aliphatic rings. The summed E-state index contributed by atoms with van der Waals surface area (Å²) in [6.45, 7) is -2.34. The largest absolute Gasteiger partial charge is 0.487 e. The molecule has 2 aromatic rings. The van der Waals surface area contributed by atoms with Crippen LogP contribution in [0.15, 0.2) is 43.7 Å². The first-order valence-corrected chi connectivity index (χ1v) is 19.1. The van der Waals surface area contributed by atoms with Gasteiger partial charge in [0, 0.05) is 24.5 Å². The van der Waals surface area contributed by atoms with E-state index in [-0.39, 0.29) is 0 Å². The lowest BCUT2D eigenvalue weighted by molar-refractivity contribution is -0.0543. The van der Waals surface area contributed by atoms with E-state index in [0.717, 1.165) is 24.5 Å². The molecule has 0 spiro atoms. The lowest BCUT2D eigenvalue weighted by atomic mass is 10.1. The zero-order chi connectivity index (χ0) is 36.7. The van der Waals surface area contributed by atoms with Crippen molar-refractivity contribution in [2.24, 2.45) is 0 Å². The number of aromatic amines is 2. The van der Waals surface area contributed by atoms with E-state index in [1.165, 1.54) is 0 Å². The van der Waals surface area contributed by atoms with Crippen molar-refractivity contribution in [2.45, 2.75) is 49.1 Å². The van der Waals surface area contributed by atoms with Crippen LogP contribution < -0.4 is 22.5 Å². The van der Waals surface area contributed by atoms with Crippen LogP contribution in [-0.4, -0.2) is 112 Å². The third-order valence-electron chi connectivity index (χ3n) is 6.37. The van der Waals surface area contributed by atoms with E-state index in [0.29, 0.717) is 9.13 Å². The highest BCUT2D eigenvalue weighted by Gasteiger charge is 2.48. The molecule has 0 aromatic carbocycles. The fraction of sp³-hybridized carbons (Fsp3) is 0.556. The second kappa shape index (κ2) is 14.8. The van der Waals surface area contributed by atoms with Crippen LogP contribution in [0, 0.1) is 0 Å². The molecule has 9 N–H and O–H groups in total. The minimum absolute atomic E-state index is 0.655. The van der Waals surface area contributed by atoms with Crippen molar-refractivity contribution < 1.29 is 84.8 Å². The highest BCUT2D eigenvalue weighted by atomic mass is 31.3. The molecule has 272 valence electrons.